The molecule has 2 rings (SSSR count). The van der Waals surface area contributed by atoms with Crippen LogP contribution >= 0.6 is 0 Å². The number of allylic oxidation sites excluding steroid dienone is 8. The molecule has 2 aliphatic rings. The van der Waals surface area contributed by atoms with E-state index in [-0.39, 0.29) is 7.43 Å². The molecule has 0 saturated carbocycles. The summed E-state index contributed by atoms with van der Waals surface area (Å²) in [6.45, 7) is 0. The van der Waals surface area contributed by atoms with E-state index in [0.717, 1.165) is 12.8 Å². The third-order valence-electron chi connectivity index (χ3n) is 1.17. The Hall–Kier alpha value is -0.430. The molecule has 0 atom stereocenters. The second-order valence-corrected chi connectivity index (χ2v) is 2.01. The zero-order chi connectivity index (χ0) is 9.07. The first-order chi connectivity index (χ1) is 6.00. The summed E-state index contributed by atoms with van der Waals surface area (Å²) in [6, 6.07) is 0. The molecule has 0 bridgehead atoms. The predicted octanol–water partition coefficient (Wildman–Crippen LogP) is 3.03. The van der Waals surface area contributed by atoms with Gasteiger partial charge in [0.2, 0.25) is 0 Å². The van der Waals surface area contributed by atoms with Gasteiger partial charge in [0.25, 0.3) is 0 Å². The van der Waals surface area contributed by atoms with E-state index in [2.05, 4.69) is 29.0 Å². The second kappa shape index (κ2) is 14.1. The van der Waals surface area contributed by atoms with Crippen molar-refractivity contribution in [3.8, 4) is 0 Å². The molecule has 71 valence electrons. The zero-order valence-electron chi connectivity index (χ0n) is 8.03. The minimum atomic E-state index is 0. The van der Waals surface area contributed by atoms with Crippen molar-refractivity contribution in [3.63, 3.8) is 0 Å². The smallest absolute Gasteiger partial charge is 0.358 e. The van der Waals surface area contributed by atoms with Crippen LogP contribution in [0.3, 0.4) is 0 Å². The third kappa shape index (κ3) is 11.6. The maximum absolute atomic E-state index is 3.30. The molecule has 0 aliphatic heterocycles. The summed E-state index contributed by atoms with van der Waals surface area (Å²) in [7, 11) is 0. The minimum Gasteiger partial charge on any atom is -0.358 e. The molecule has 13 heavy (non-hydrogen) atoms. The van der Waals surface area contributed by atoms with Crippen molar-refractivity contribution in [1.82, 2.24) is 0 Å². The molecule has 0 spiro atoms. The fraction of sp³-hybridized carbons (Fsp3) is 0.167. The SMILES string of the molecule is [C-]1=CC=CC1.[C-]1=CC=CC1.[CH2]=[Nb].[CH3-]. The van der Waals surface area contributed by atoms with Gasteiger partial charge < -0.3 is 7.43 Å². The monoisotopic (exact) mass is 252 g/mol. The largest absolute Gasteiger partial charge is 0.358 e. The molecule has 2 aliphatic carbocycles. The number of rotatable bonds is 0. The van der Waals surface area contributed by atoms with Gasteiger partial charge in [-0.2, -0.15) is 12.2 Å². The second-order valence-electron chi connectivity index (χ2n) is 2.01. The Bertz CT molecular complexity index is 155. The molecule has 0 radical (unpaired) electrons. The minimum absolute atomic E-state index is 0. The van der Waals surface area contributed by atoms with Crippen LogP contribution in [0.4, 0.5) is 0 Å². The van der Waals surface area contributed by atoms with Crippen LogP contribution in [0.15, 0.2) is 36.5 Å². The van der Waals surface area contributed by atoms with Gasteiger partial charge in [0.15, 0.2) is 0 Å². The van der Waals surface area contributed by atoms with E-state index >= 15 is 0 Å². The van der Waals surface area contributed by atoms with Crippen LogP contribution in [0, 0.1) is 19.6 Å². The van der Waals surface area contributed by atoms with E-state index in [1.54, 1.807) is 0 Å². The Kier molecular flexibility index (Phi) is 16.4. The summed E-state index contributed by atoms with van der Waals surface area (Å²) in [5.41, 5.74) is 0. The number of hydrogen-bond acceptors (Lipinski definition) is 0. The molecule has 0 heterocycles. The van der Waals surface area contributed by atoms with Crippen LogP contribution in [0.5, 0.6) is 0 Å². The number of hydrogen-bond donors (Lipinski definition) is 0. The molecule has 0 unspecified atom stereocenters. The molecule has 0 fully saturated rings. The topological polar surface area (TPSA) is 0 Å². The van der Waals surface area contributed by atoms with Gasteiger partial charge in [0, 0.05) is 0 Å². The fourth-order valence-electron chi connectivity index (χ4n) is 0.680. The van der Waals surface area contributed by atoms with Gasteiger partial charge in [-0.15, -0.1) is 12.8 Å². The predicted molar refractivity (Wildman–Crippen MR) is 56.7 cm³/mol. The maximum Gasteiger partial charge on any atom is -0.358 e. The van der Waals surface area contributed by atoms with Gasteiger partial charge in [-0.05, 0) is 0 Å². The molecule has 0 aromatic rings. The van der Waals surface area contributed by atoms with Crippen LogP contribution in [-0.2, 0) is 20.6 Å². The van der Waals surface area contributed by atoms with Gasteiger partial charge in [-0.25, -0.2) is 24.3 Å². The molecular formula is C12H15Nb-3. The molecular weight excluding hydrogens is 237 g/mol. The van der Waals surface area contributed by atoms with Crippen LogP contribution < -0.4 is 0 Å². The Morgan fingerprint density at radius 1 is 0.923 bits per heavy atom. The summed E-state index contributed by atoms with van der Waals surface area (Å²) >= 11 is 1.50. The third-order valence-corrected chi connectivity index (χ3v) is 1.17. The van der Waals surface area contributed by atoms with Crippen molar-refractivity contribution in [2.24, 2.45) is 0 Å². The summed E-state index contributed by atoms with van der Waals surface area (Å²) in [6.07, 6.45) is 20.0. The molecule has 1 heteroatoms. The van der Waals surface area contributed by atoms with Gasteiger partial charge in [-0.1, -0.05) is 0 Å². The molecule has 0 N–H and O–H groups in total. The fourth-order valence-corrected chi connectivity index (χ4v) is 0.680. The van der Waals surface area contributed by atoms with Gasteiger partial charge in [-0.3, -0.25) is 12.2 Å². The molecule has 0 aromatic carbocycles. The van der Waals surface area contributed by atoms with E-state index in [0.29, 0.717) is 0 Å². The molecule has 0 saturated heterocycles. The van der Waals surface area contributed by atoms with E-state index in [9.17, 15) is 0 Å². The maximum atomic E-state index is 3.30. The summed E-state index contributed by atoms with van der Waals surface area (Å²) < 4.78 is 3.30. The average molecular weight is 252 g/mol. The van der Waals surface area contributed by atoms with Gasteiger partial charge in [0.1, 0.15) is 0 Å². The standard InChI is InChI=1S/2C5H5.CH3.CH2.Nb/c2*1-2-4-5-3-1;;;/h2*1-3H,4H2;1H3;1H2;/q3*-1;;. The normalized spacial score (nSPS) is 13.8. The Labute approximate surface area is 94.2 Å². The van der Waals surface area contributed by atoms with Crippen molar-refractivity contribution < 1.29 is 20.6 Å². The molecule has 0 aromatic heterocycles. The molecule has 0 nitrogen and oxygen atoms in total. The van der Waals surface area contributed by atoms with Crippen LogP contribution in [0.25, 0.3) is 0 Å². The Morgan fingerprint density at radius 2 is 1.31 bits per heavy atom. The molecule has 0 amide bonds. The first-order valence-electron chi connectivity index (χ1n) is 3.75. The van der Waals surface area contributed by atoms with E-state index in [1.807, 2.05) is 24.3 Å². The van der Waals surface area contributed by atoms with Crippen molar-refractivity contribution in [2.45, 2.75) is 12.8 Å². The van der Waals surface area contributed by atoms with Gasteiger partial charge in [0.05, 0.1) is 0 Å². The first kappa shape index (κ1) is 15.1. The van der Waals surface area contributed by atoms with Crippen LogP contribution in [0.2, 0.25) is 0 Å². The Balaban J connectivity index is 0. The van der Waals surface area contributed by atoms with Crippen molar-refractivity contribution >= 4 is 4.73 Å². The van der Waals surface area contributed by atoms with Crippen LogP contribution in [0.1, 0.15) is 12.8 Å². The summed E-state index contributed by atoms with van der Waals surface area (Å²) in [5.74, 6) is 0. The van der Waals surface area contributed by atoms with Crippen LogP contribution in [-0.4, -0.2) is 4.73 Å². The van der Waals surface area contributed by atoms with Crippen molar-refractivity contribution in [2.75, 3.05) is 0 Å². The van der Waals surface area contributed by atoms with Crippen molar-refractivity contribution in [3.05, 3.63) is 56.0 Å². The van der Waals surface area contributed by atoms with E-state index in [4.69, 9.17) is 0 Å². The van der Waals surface area contributed by atoms with E-state index in [1.165, 1.54) is 20.6 Å². The average Bonchev–Trinajstić information content (AvgIpc) is 2.87. The zero-order valence-corrected chi connectivity index (χ0v) is 10.2. The summed E-state index contributed by atoms with van der Waals surface area (Å²) in [5, 5.41) is 0. The first-order valence-corrected chi connectivity index (χ1v) is 5.31. The van der Waals surface area contributed by atoms with Gasteiger partial charge >= 0.3 is 25.3 Å². The van der Waals surface area contributed by atoms with E-state index < -0.39 is 0 Å². The Morgan fingerprint density at radius 3 is 1.38 bits per heavy atom. The quantitative estimate of drug-likeness (QED) is 0.459. The van der Waals surface area contributed by atoms with Crippen molar-refractivity contribution in [1.29, 1.82) is 0 Å². The summed E-state index contributed by atoms with van der Waals surface area (Å²) in [4.78, 5) is 0.